The second-order valence-electron chi connectivity index (χ2n) is 3.75. The van der Waals surface area contributed by atoms with Gasteiger partial charge >= 0.3 is 6.36 Å². The van der Waals surface area contributed by atoms with E-state index in [2.05, 4.69) is 14.4 Å². The molecule has 0 radical (unpaired) electrons. The Morgan fingerprint density at radius 1 is 1.35 bits per heavy atom. The highest BCUT2D eigenvalue weighted by molar-refractivity contribution is 7.10. The highest BCUT2D eigenvalue weighted by atomic mass is 32.1. The quantitative estimate of drug-likeness (QED) is 0.931. The Bertz CT molecular complexity index is 661. The third kappa shape index (κ3) is 3.19. The molecule has 2 aromatic rings. The van der Waals surface area contributed by atoms with Gasteiger partial charge in [-0.25, -0.2) is 0 Å². The summed E-state index contributed by atoms with van der Waals surface area (Å²) in [6, 6.07) is 7.56. The van der Waals surface area contributed by atoms with Crippen LogP contribution in [0.25, 0.3) is 0 Å². The van der Waals surface area contributed by atoms with Gasteiger partial charge in [-0.15, -0.1) is 13.2 Å². The van der Waals surface area contributed by atoms with Crippen LogP contribution >= 0.6 is 11.5 Å². The fourth-order valence-corrected chi connectivity index (χ4v) is 2.25. The standard InChI is InChI=1S/C12H8F3N3OS/c1-7-8(6-16)11(20-18-7)17-9-4-2-3-5-10(9)19-12(13,14)15/h2-5,17H,1H3. The van der Waals surface area contributed by atoms with E-state index in [4.69, 9.17) is 5.26 Å². The average molecular weight is 299 g/mol. The van der Waals surface area contributed by atoms with E-state index in [1.807, 2.05) is 6.07 Å². The number of aryl methyl sites for hydroxylation is 1. The molecule has 20 heavy (non-hydrogen) atoms. The van der Waals surface area contributed by atoms with E-state index >= 15 is 0 Å². The van der Waals surface area contributed by atoms with Crippen LogP contribution in [0.3, 0.4) is 0 Å². The molecule has 0 aliphatic rings. The minimum Gasteiger partial charge on any atom is -0.404 e. The van der Waals surface area contributed by atoms with Crippen molar-refractivity contribution in [1.82, 2.24) is 4.37 Å². The Hall–Kier alpha value is -2.27. The number of nitriles is 1. The maximum Gasteiger partial charge on any atom is 0.573 e. The van der Waals surface area contributed by atoms with Crippen molar-refractivity contribution in [2.75, 3.05) is 5.32 Å². The molecule has 0 bridgehead atoms. The zero-order valence-corrected chi connectivity index (χ0v) is 11.0. The lowest BCUT2D eigenvalue weighted by Crippen LogP contribution is -2.17. The number of ether oxygens (including phenoxy) is 1. The normalized spacial score (nSPS) is 10.9. The van der Waals surface area contributed by atoms with Crippen LogP contribution in [-0.2, 0) is 0 Å². The van der Waals surface area contributed by atoms with Gasteiger partial charge in [0.1, 0.15) is 16.6 Å². The summed E-state index contributed by atoms with van der Waals surface area (Å²) in [4.78, 5) is 0. The number of aromatic nitrogens is 1. The highest BCUT2D eigenvalue weighted by Crippen LogP contribution is 2.34. The van der Waals surface area contributed by atoms with Gasteiger partial charge < -0.3 is 10.1 Å². The van der Waals surface area contributed by atoms with Gasteiger partial charge in [-0.3, -0.25) is 0 Å². The van der Waals surface area contributed by atoms with Crippen LogP contribution in [0.15, 0.2) is 24.3 Å². The van der Waals surface area contributed by atoms with E-state index < -0.39 is 6.36 Å². The number of hydrogen-bond acceptors (Lipinski definition) is 5. The van der Waals surface area contributed by atoms with Crippen LogP contribution in [0.5, 0.6) is 5.75 Å². The van der Waals surface area contributed by atoms with Gasteiger partial charge in [0.2, 0.25) is 0 Å². The first-order valence-corrected chi connectivity index (χ1v) is 6.16. The van der Waals surface area contributed by atoms with E-state index in [0.29, 0.717) is 16.3 Å². The summed E-state index contributed by atoms with van der Waals surface area (Å²) in [6.07, 6.45) is -4.78. The summed E-state index contributed by atoms with van der Waals surface area (Å²) in [6.45, 7) is 1.65. The molecule has 4 nitrogen and oxygen atoms in total. The number of rotatable bonds is 3. The first-order valence-electron chi connectivity index (χ1n) is 5.39. The van der Waals surface area contributed by atoms with Crippen LogP contribution in [-0.4, -0.2) is 10.7 Å². The summed E-state index contributed by atoms with van der Waals surface area (Å²) >= 11 is 1.00. The van der Waals surface area contributed by atoms with E-state index in [1.54, 1.807) is 13.0 Å². The van der Waals surface area contributed by atoms with E-state index in [9.17, 15) is 13.2 Å². The Kier molecular flexibility index (Phi) is 3.81. The molecule has 1 heterocycles. The molecule has 1 aromatic heterocycles. The number of hydrogen-bond donors (Lipinski definition) is 1. The second kappa shape index (κ2) is 5.38. The average Bonchev–Trinajstić information content (AvgIpc) is 2.70. The monoisotopic (exact) mass is 299 g/mol. The maximum atomic E-state index is 12.3. The topological polar surface area (TPSA) is 57.9 Å². The molecule has 0 saturated heterocycles. The molecule has 1 N–H and O–H groups in total. The second-order valence-corrected chi connectivity index (χ2v) is 4.53. The molecule has 0 saturated carbocycles. The fourth-order valence-electron chi connectivity index (χ4n) is 1.49. The third-order valence-electron chi connectivity index (χ3n) is 2.34. The number of anilines is 2. The smallest absolute Gasteiger partial charge is 0.404 e. The van der Waals surface area contributed by atoms with Crippen LogP contribution in [0.2, 0.25) is 0 Å². The molecule has 0 amide bonds. The van der Waals surface area contributed by atoms with Crippen LogP contribution in [0.1, 0.15) is 11.3 Å². The predicted octanol–water partition coefficient (Wildman–Crippen LogP) is 3.97. The van der Waals surface area contributed by atoms with E-state index in [0.717, 1.165) is 11.5 Å². The highest BCUT2D eigenvalue weighted by Gasteiger charge is 2.32. The predicted molar refractivity (Wildman–Crippen MR) is 68.0 cm³/mol. The number of nitrogens with one attached hydrogen (secondary N) is 1. The van der Waals surface area contributed by atoms with E-state index in [-0.39, 0.29) is 11.4 Å². The van der Waals surface area contributed by atoms with Crippen molar-refractivity contribution >= 4 is 22.2 Å². The molecule has 0 atom stereocenters. The van der Waals surface area contributed by atoms with Crippen molar-refractivity contribution in [1.29, 1.82) is 5.26 Å². The van der Waals surface area contributed by atoms with Gasteiger partial charge in [0.05, 0.1) is 11.4 Å². The Balaban J connectivity index is 2.32. The lowest BCUT2D eigenvalue weighted by molar-refractivity contribution is -0.274. The van der Waals surface area contributed by atoms with Gasteiger partial charge in [0, 0.05) is 0 Å². The molecule has 0 aliphatic heterocycles. The molecule has 0 unspecified atom stereocenters. The molecule has 2 rings (SSSR count). The zero-order valence-electron chi connectivity index (χ0n) is 10.2. The molecule has 104 valence electrons. The number of benzene rings is 1. The van der Waals surface area contributed by atoms with Crippen molar-refractivity contribution in [3.63, 3.8) is 0 Å². The van der Waals surface area contributed by atoms with Crippen molar-refractivity contribution in [2.45, 2.75) is 13.3 Å². The summed E-state index contributed by atoms with van der Waals surface area (Å²) in [7, 11) is 0. The lowest BCUT2D eigenvalue weighted by atomic mass is 10.2. The SMILES string of the molecule is Cc1nsc(Nc2ccccc2OC(F)(F)F)c1C#N. The van der Waals surface area contributed by atoms with Crippen LogP contribution in [0.4, 0.5) is 23.9 Å². The molecular formula is C12H8F3N3OS. The van der Waals surface area contributed by atoms with Crippen molar-refractivity contribution in [3.8, 4) is 11.8 Å². The van der Waals surface area contributed by atoms with Gasteiger partial charge in [-0.1, -0.05) is 12.1 Å². The Labute approximate surface area is 116 Å². The van der Waals surface area contributed by atoms with Gasteiger partial charge in [0.15, 0.2) is 5.75 Å². The summed E-state index contributed by atoms with van der Waals surface area (Å²) in [5.41, 5.74) is 0.941. The van der Waals surface area contributed by atoms with Gasteiger partial charge in [-0.05, 0) is 30.6 Å². The molecule has 0 fully saturated rings. The Morgan fingerprint density at radius 3 is 2.70 bits per heavy atom. The number of alkyl halides is 3. The van der Waals surface area contributed by atoms with Gasteiger partial charge in [-0.2, -0.15) is 9.64 Å². The minimum absolute atomic E-state index is 0.116. The molecule has 8 heteroatoms. The van der Waals surface area contributed by atoms with Crippen molar-refractivity contribution in [3.05, 3.63) is 35.5 Å². The largest absolute Gasteiger partial charge is 0.573 e. The summed E-state index contributed by atoms with van der Waals surface area (Å²) in [5.74, 6) is -0.366. The number of nitrogens with zero attached hydrogens (tertiary/aromatic N) is 2. The summed E-state index contributed by atoms with van der Waals surface area (Å²) in [5, 5.41) is 12.1. The minimum atomic E-state index is -4.78. The maximum absolute atomic E-state index is 12.3. The first kappa shape index (κ1) is 14.1. The summed E-state index contributed by atoms with van der Waals surface area (Å²) < 4.78 is 44.8. The first-order chi connectivity index (χ1) is 9.40. The number of para-hydroxylation sites is 2. The number of halogens is 3. The van der Waals surface area contributed by atoms with Gasteiger partial charge in [0.25, 0.3) is 0 Å². The third-order valence-corrected chi connectivity index (χ3v) is 3.19. The lowest BCUT2D eigenvalue weighted by Gasteiger charge is -2.13. The zero-order chi connectivity index (χ0) is 14.8. The Morgan fingerprint density at radius 2 is 2.05 bits per heavy atom. The molecular weight excluding hydrogens is 291 g/mol. The van der Waals surface area contributed by atoms with Crippen LogP contribution in [0, 0.1) is 18.3 Å². The van der Waals surface area contributed by atoms with E-state index in [1.165, 1.54) is 18.2 Å². The fraction of sp³-hybridized carbons (Fsp3) is 0.167. The van der Waals surface area contributed by atoms with Crippen LogP contribution < -0.4 is 10.1 Å². The molecule has 1 aromatic carbocycles. The van der Waals surface area contributed by atoms with Crippen molar-refractivity contribution in [2.24, 2.45) is 0 Å². The molecule has 0 spiro atoms. The van der Waals surface area contributed by atoms with Crippen molar-refractivity contribution < 1.29 is 17.9 Å². The molecule has 0 aliphatic carbocycles.